The van der Waals surface area contributed by atoms with Gasteiger partial charge >= 0.3 is 0 Å². The average molecular weight is 336 g/mol. The van der Waals surface area contributed by atoms with Gasteiger partial charge in [-0.3, -0.25) is 0 Å². The molecule has 1 aliphatic rings. The summed E-state index contributed by atoms with van der Waals surface area (Å²) in [5.74, 6) is -0.501. The molecule has 0 atom stereocenters. The van der Waals surface area contributed by atoms with Crippen LogP contribution in [0.25, 0.3) is 22.2 Å². The molecule has 3 heterocycles. The van der Waals surface area contributed by atoms with Crippen LogP contribution in [-0.4, -0.2) is 36.3 Å². The lowest BCUT2D eigenvalue weighted by molar-refractivity contribution is 0.123. The zero-order valence-electron chi connectivity index (χ0n) is 13.8. The van der Waals surface area contributed by atoms with E-state index in [4.69, 9.17) is 10.00 Å². The number of ether oxygens (including phenoxy) is 1. The Bertz CT molecular complexity index is 983. The van der Waals surface area contributed by atoms with Crippen LogP contribution in [0.3, 0.4) is 0 Å². The summed E-state index contributed by atoms with van der Waals surface area (Å²) in [6.07, 6.45) is 1.76. The van der Waals surface area contributed by atoms with Crippen LogP contribution in [0, 0.1) is 24.1 Å². The maximum atomic E-state index is 14.7. The molecule has 3 aromatic rings. The molecule has 4 rings (SSSR count). The molecule has 1 aliphatic heterocycles. The second-order valence-electron chi connectivity index (χ2n) is 6.09. The van der Waals surface area contributed by atoms with Crippen molar-refractivity contribution in [3.8, 4) is 17.2 Å². The summed E-state index contributed by atoms with van der Waals surface area (Å²) < 4.78 is 20.2. The number of fused-ring (bicyclic) bond motifs is 1. The van der Waals surface area contributed by atoms with Crippen molar-refractivity contribution in [3.05, 3.63) is 47.5 Å². The van der Waals surface area contributed by atoms with Gasteiger partial charge in [-0.1, -0.05) is 12.1 Å². The van der Waals surface area contributed by atoms with Crippen molar-refractivity contribution < 1.29 is 9.13 Å². The number of aromatic nitrogens is 2. The molecule has 0 bridgehead atoms. The van der Waals surface area contributed by atoms with Gasteiger partial charge in [-0.25, -0.2) is 9.37 Å². The number of nitrogens with one attached hydrogen (secondary N) is 1. The SMILES string of the molecule is Cc1cc(N2CCOCC2)c2c(-c3cccc(C#N)c3F)c[nH]c2n1. The Morgan fingerprint density at radius 2 is 2.08 bits per heavy atom. The number of H-pyrrole nitrogens is 1. The monoisotopic (exact) mass is 336 g/mol. The largest absolute Gasteiger partial charge is 0.378 e. The number of anilines is 1. The number of morpholine rings is 1. The fraction of sp³-hybridized carbons (Fsp3) is 0.263. The van der Waals surface area contributed by atoms with Crippen molar-refractivity contribution in [1.82, 2.24) is 9.97 Å². The highest BCUT2D eigenvalue weighted by Gasteiger charge is 2.21. The maximum absolute atomic E-state index is 14.7. The number of nitrogens with zero attached hydrogens (tertiary/aromatic N) is 3. The maximum Gasteiger partial charge on any atom is 0.148 e. The molecule has 0 amide bonds. The third-order valence-electron chi connectivity index (χ3n) is 4.51. The molecule has 5 nitrogen and oxygen atoms in total. The number of hydrogen-bond donors (Lipinski definition) is 1. The molecule has 1 saturated heterocycles. The number of halogens is 1. The molecule has 1 N–H and O–H groups in total. The van der Waals surface area contributed by atoms with E-state index in [1.807, 2.05) is 19.1 Å². The molecule has 1 fully saturated rings. The minimum Gasteiger partial charge on any atom is -0.378 e. The highest BCUT2D eigenvalue weighted by Crippen LogP contribution is 2.37. The molecule has 0 radical (unpaired) electrons. The lowest BCUT2D eigenvalue weighted by atomic mass is 10.0. The van der Waals surface area contributed by atoms with Crippen LogP contribution in [-0.2, 0) is 4.74 Å². The molecule has 0 saturated carbocycles. The molecule has 0 aliphatic carbocycles. The third-order valence-corrected chi connectivity index (χ3v) is 4.51. The van der Waals surface area contributed by atoms with E-state index in [2.05, 4.69) is 14.9 Å². The first-order chi connectivity index (χ1) is 12.2. The van der Waals surface area contributed by atoms with Crippen molar-refractivity contribution in [1.29, 1.82) is 5.26 Å². The van der Waals surface area contributed by atoms with E-state index in [9.17, 15) is 4.39 Å². The summed E-state index contributed by atoms with van der Waals surface area (Å²) in [4.78, 5) is 9.94. The smallest absolute Gasteiger partial charge is 0.148 e. The number of hydrogen-bond acceptors (Lipinski definition) is 4. The summed E-state index contributed by atoms with van der Waals surface area (Å²) in [5, 5.41) is 9.99. The van der Waals surface area contributed by atoms with Gasteiger partial charge in [0, 0.05) is 36.1 Å². The van der Waals surface area contributed by atoms with Crippen LogP contribution in [0.2, 0.25) is 0 Å². The van der Waals surface area contributed by atoms with Crippen molar-refractivity contribution in [2.24, 2.45) is 0 Å². The minimum atomic E-state index is -0.501. The van der Waals surface area contributed by atoms with Crippen LogP contribution in [0.1, 0.15) is 11.3 Å². The van der Waals surface area contributed by atoms with Gasteiger partial charge in [0.05, 0.1) is 29.9 Å². The Labute approximate surface area is 144 Å². The minimum absolute atomic E-state index is 0.0415. The molecule has 6 heteroatoms. The first kappa shape index (κ1) is 15.6. The average Bonchev–Trinajstić information content (AvgIpc) is 3.05. The molecule has 25 heavy (non-hydrogen) atoms. The van der Waals surface area contributed by atoms with Gasteiger partial charge < -0.3 is 14.6 Å². The molecule has 0 unspecified atom stereocenters. The van der Waals surface area contributed by atoms with Crippen molar-refractivity contribution >= 4 is 16.7 Å². The number of aryl methyl sites for hydroxylation is 1. The molecular formula is C19H17FN4O. The van der Waals surface area contributed by atoms with Gasteiger partial charge in [0.1, 0.15) is 17.5 Å². The quantitative estimate of drug-likeness (QED) is 0.779. The molecule has 2 aromatic heterocycles. The second kappa shape index (κ2) is 6.19. The number of benzene rings is 1. The number of aromatic amines is 1. The van der Waals surface area contributed by atoms with Crippen LogP contribution in [0.4, 0.5) is 10.1 Å². The van der Waals surface area contributed by atoms with Gasteiger partial charge in [-0.05, 0) is 19.1 Å². The van der Waals surface area contributed by atoms with Crippen LogP contribution in [0.15, 0.2) is 30.5 Å². The fourth-order valence-corrected chi connectivity index (χ4v) is 3.33. The third kappa shape index (κ3) is 2.63. The van der Waals surface area contributed by atoms with E-state index < -0.39 is 5.82 Å². The summed E-state index contributed by atoms with van der Waals surface area (Å²) in [6.45, 7) is 4.84. The molecule has 1 aromatic carbocycles. The van der Waals surface area contributed by atoms with E-state index in [1.54, 1.807) is 18.3 Å². The highest BCUT2D eigenvalue weighted by molar-refractivity contribution is 6.03. The van der Waals surface area contributed by atoms with Gasteiger partial charge in [-0.15, -0.1) is 0 Å². The lowest BCUT2D eigenvalue weighted by Crippen LogP contribution is -2.36. The predicted octanol–water partition coefficient (Wildman–Crippen LogP) is 3.39. The van der Waals surface area contributed by atoms with Gasteiger partial charge in [0.15, 0.2) is 0 Å². The van der Waals surface area contributed by atoms with E-state index in [0.29, 0.717) is 18.8 Å². The Morgan fingerprint density at radius 3 is 2.84 bits per heavy atom. The van der Waals surface area contributed by atoms with Crippen LogP contribution >= 0.6 is 0 Å². The van der Waals surface area contributed by atoms with Gasteiger partial charge in [-0.2, -0.15) is 5.26 Å². The summed E-state index contributed by atoms with van der Waals surface area (Å²) in [7, 11) is 0. The molecular weight excluding hydrogens is 319 g/mol. The Balaban J connectivity index is 1.96. The topological polar surface area (TPSA) is 64.9 Å². The van der Waals surface area contributed by atoms with E-state index in [0.717, 1.165) is 41.1 Å². The van der Waals surface area contributed by atoms with E-state index in [-0.39, 0.29) is 5.56 Å². The Morgan fingerprint density at radius 1 is 1.28 bits per heavy atom. The van der Waals surface area contributed by atoms with Gasteiger partial charge in [0.25, 0.3) is 0 Å². The Kier molecular flexibility index (Phi) is 3.86. The van der Waals surface area contributed by atoms with Crippen LogP contribution in [0.5, 0.6) is 0 Å². The number of rotatable bonds is 2. The van der Waals surface area contributed by atoms with E-state index in [1.165, 1.54) is 6.07 Å². The van der Waals surface area contributed by atoms with Crippen LogP contribution < -0.4 is 4.90 Å². The Hall–Kier alpha value is -2.91. The zero-order valence-corrected chi connectivity index (χ0v) is 13.8. The molecule has 126 valence electrons. The number of pyridine rings is 1. The number of nitriles is 1. The highest BCUT2D eigenvalue weighted by atomic mass is 19.1. The summed E-state index contributed by atoms with van der Waals surface area (Å²) in [5.41, 5.74) is 3.81. The van der Waals surface area contributed by atoms with Crippen molar-refractivity contribution in [2.45, 2.75) is 6.92 Å². The first-order valence-corrected chi connectivity index (χ1v) is 8.19. The van der Waals surface area contributed by atoms with E-state index >= 15 is 0 Å². The molecule has 0 spiro atoms. The standard InChI is InChI=1S/C19H17FN4O/c1-12-9-16(24-5-7-25-8-6-24)17-15(11-22-19(17)23-12)14-4-2-3-13(10-21)18(14)20/h2-4,9,11H,5-8H2,1H3,(H,22,23). The lowest BCUT2D eigenvalue weighted by Gasteiger charge is -2.30. The van der Waals surface area contributed by atoms with Crippen molar-refractivity contribution in [3.63, 3.8) is 0 Å². The second-order valence-corrected chi connectivity index (χ2v) is 6.09. The fourth-order valence-electron chi connectivity index (χ4n) is 3.33. The van der Waals surface area contributed by atoms with Crippen molar-refractivity contribution in [2.75, 3.05) is 31.2 Å². The van der Waals surface area contributed by atoms with Gasteiger partial charge in [0.2, 0.25) is 0 Å². The predicted molar refractivity (Wildman–Crippen MR) is 94.0 cm³/mol. The zero-order chi connectivity index (χ0) is 17.4. The summed E-state index contributed by atoms with van der Waals surface area (Å²) >= 11 is 0. The first-order valence-electron chi connectivity index (χ1n) is 8.19. The normalized spacial score (nSPS) is 14.7. The summed E-state index contributed by atoms with van der Waals surface area (Å²) in [6, 6.07) is 8.81.